The van der Waals surface area contributed by atoms with Gasteiger partial charge in [-0.15, -0.1) is 5.10 Å². The smallest absolute Gasteiger partial charge is 0.172 e. The number of methoxy groups -OCH3 is 1. The molecule has 0 bridgehead atoms. The van der Waals surface area contributed by atoms with Gasteiger partial charge in [-0.2, -0.15) is 0 Å². The summed E-state index contributed by atoms with van der Waals surface area (Å²) >= 11 is 5.92. The molecule has 0 N–H and O–H groups in total. The predicted molar refractivity (Wildman–Crippen MR) is 63.0 cm³/mol. The molecule has 0 aliphatic rings. The summed E-state index contributed by atoms with van der Waals surface area (Å²) in [6.45, 7) is 1.61. The molecule has 1 heterocycles. The van der Waals surface area contributed by atoms with Gasteiger partial charge < -0.3 is 4.74 Å². The largest absolute Gasteiger partial charge is 0.495 e. The average Bonchev–Trinajstić information content (AvgIpc) is 2.72. The standard InChI is InChI=1S/C11H9ClFN3O2/c1-6-9(5-17)14-15-16(6)10-3-7(12)11(18-2)4-8(10)13/h3-5H,1-2H3. The molecule has 0 unspecified atom stereocenters. The third-order valence-electron chi connectivity index (χ3n) is 2.49. The van der Waals surface area contributed by atoms with Gasteiger partial charge in [0, 0.05) is 6.07 Å². The maximum atomic E-state index is 13.9. The van der Waals surface area contributed by atoms with Gasteiger partial charge in [0.15, 0.2) is 12.1 Å². The van der Waals surface area contributed by atoms with E-state index in [0.29, 0.717) is 12.0 Å². The highest BCUT2D eigenvalue weighted by molar-refractivity contribution is 6.32. The van der Waals surface area contributed by atoms with E-state index in [2.05, 4.69) is 10.3 Å². The molecule has 0 aliphatic carbocycles. The van der Waals surface area contributed by atoms with E-state index in [1.165, 1.54) is 17.9 Å². The van der Waals surface area contributed by atoms with E-state index in [1.807, 2.05) is 0 Å². The first kappa shape index (κ1) is 12.5. The Morgan fingerprint density at radius 3 is 2.78 bits per heavy atom. The fourth-order valence-corrected chi connectivity index (χ4v) is 1.75. The minimum absolute atomic E-state index is 0.110. The van der Waals surface area contributed by atoms with E-state index in [9.17, 15) is 9.18 Å². The zero-order chi connectivity index (χ0) is 13.3. The van der Waals surface area contributed by atoms with Crippen molar-refractivity contribution in [3.05, 3.63) is 34.4 Å². The lowest BCUT2D eigenvalue weighted by molar-refractivity contribution is 0.111. The zero-order valence-electron chi connectivity index (χ0n) is 9.65. The average molecular weight is 270 g/mol. The topological polar surface area (TPSA) is 57.0 Å². The van der Waals surface area contributed by atoms with Gasteiger partial charge in [-0.3, -0.25) is 4.79 Å². The Kier molecular flexibility index (Phi) is 3.29. The molecule has 1 aromatic heterocycles. The molecule has 0 radical (unpaired) electrons. The van der Waals surface area contributed by atoms with Crippen molar-refractivity contribution in [3.8, 4) is 11.4 Å². The number of carbonyl (C=O) groups is 1. The molecular formula is C11H9ClFN3O2. The lowest BCUT2D eigenvalue weighted by Crippen LogP contribution is -2.03. The number of nitrogens with zero attached hydrogens (tertiary/aromatic N) is 3. The molecule has 0 spiro atoms. The molecule has 0 saturated carbocycles. The predicted octanol–water partition coefficient (Wildman–Crippen LogP) is 2.19. The molecule has 18 heavy (non-hydrogen) atoms. The summed E-state index contributed by atoms with van der Waals surface area (Å²) in [6.07, 6.45) is 0.557. The normalized spacial score (nSPS) is 10.4. The Morgan fingerprint density at radius 1 is 1.50 bits per heavy atom. The van der Waals surface area contributed by atoms with Crippen molar-refractivity contribution < 1.29 is 13.9 Å². The Hall–Kier alpha value is -1.95. The second kappa shape index (κ2) is 4.73. The number of carbonyl (C=O) groups excluding carboxylic acids is 1. The number of aromatic nitrogens is 3. The highest BCUT2D eigenvalue weighted by Gasteiger charge is 2.15. The number of hydrogen-bond donors (Lipinski definition) is 0. The van der Waals surface area contributed by atoms with Crippen LogP contribution in [0.15, 0.2) is 12.1 Å². The molecule has 2 rings (SSSR count). The van der Waals surface area contributed by atoms with E-state index in [-0.39, 0.29) is 22.2 Å². The molecule has 0 saturated heterocycles. The van der Waals surface area contributed by atoms with Crippen LogP contribution in [0.5, 0.6) is 5.75 Å². The maximum Gasteiger partial charge on any atom is 0.172 e. The molecule has 7 heteroatoms. The van der Waals surface area contributed by atoms with Crippen LogP contribution in [0.1, 0.15) is 16.2 Å². The summed E-state index contributed by atoms with van der Waals surface area (Å²) in [7, 11) is 1.39. The fourth-order valence-electron chi connectivity index (χ4n) is 1.52. The SMILES string of the molecule is COc1cc(F)c(-n2nnc(C=O)c2C)cc1Cl. The van der Waals surface area contributed by atoms with E-state index in [0.717, 1.165) is 6.07 Å². The monoisotopic (exact) mass is 269 g/mol. The van der Waals surface area contributed by atoms with Crippen molar-refractivity contribution >= 4 is 17.9 Å². The van der Waals surface area contributed by atoms with Crippen molar-refractivity contribution in [1.82, 2.24) is 15.0 Å². The van der Waals surface area contributed by atoms with Crippen LogP contribution in [0.2, 0.25) is 5.02 Å². The third-order valence-corrected chi connectivity index (χ3v) is 2.79. The van der Waals surface area contributed by atoms with Gasteiger partial charge in [0.25, 0.3) is 0 Å². The zero-order valence-corrected chi connectivity index (χ0v) is 10.4. The fraction of sp³-hybridized carbons (Fsp3) is 0.182. The van der Waals surface area contributed by atoms with Crippen molar-refractivity contribution in [2.24, 2.45) is 0 Å². The summed E-state index contributed by atoms with van der Waals surface area (Å²) in [6, 6.07) is 2.52. The first-order chi connectivity index (χ1) is 8.58. The Morgan fingerprint density at radius 2 is 2.22 bits per heavy atom. The third kappa shape index (κ3) is 1.95. The van der Waals surface area contributed by atoms with Gasteiger partial charge in [-0.05, 0) is 13.0 Å². The van der Waals surface area contributed by atoms with Gasteiger partial charge >= 0.3 is 0 Å². The molecule has 0 amide bonds. The summed E-state index contributed by atoms with van der Waals surface area (Å²) in [5.41, 5.74) is 0.699. The molecular weight excluding hydrogens is 261 g/mol. The highest BCUT2D eigenvalue weighted by atomic mass is 35.5. The van der Waals surface area contributed by atoms with Crippen LogP contribution >= 0.6 is 11.6 Å². The number of ether oxygens (including phenoxy) is 1. The van der Waals surface area contributed by atoms with Crippen LogP contribution in [0.25, 0.3) is 5.69 Å². The van der Waals surface area contributed by atoms with E-state index in [1.54, 1.807) is 6.92 Å². The number of rotatable bonds is 3. The molecule has 5 nitrogen and oxygen atoms in total. The van der Waals surface area contributed by atoms with E-state index < -0.39 is 5.82 Å². The summed E-state index contributed by atoms with van der Waals surface area (Å²) < 4.78 is 20.0. The summed E-state index contributed by atoms with van der Waals surface area (Å²) in [5.74, 6) is -0.340. The van der Waals surface area contributed by atoms with Crippen LogP contribution in [0, 0.1) is 12.7 Å². The number of benzene rings is 1. The molecule has 0 aliphatic heterocycles. The summed E-state index contributed by atoms with van der Waals surface area (Å²) in [4.78, 5) is 10.7. The second-order valence-corrected chi connectivity index (χ2v) is 3.94. The first-order valence-electron chi connectivity index (χ1n) is 4.99. The van der Waals surface area contributed by atoms with Crippen molar-refractivity contribution in [3.63, 3.8) is 0 Å². The Balaban J connectivity index is 2.60. The lowest BCUT2D eigenvalue weighted by atomic mass is 10.2. The van der Waals surface area contributed by atoms with Gasteiger partial charge in [0.05, 0.1) is 17.8 Å². The van der Waals surface area contributed by atoms with Crippen LogP contribution in [0.4, 0.5) is 4.39 Å². The Bertz CT molecular complexity index is 613. The number of hydrogen-bond acceptors (Lipinski definition) is 4. The quantitative estimate of drug-likeness (QED) is 0.802. The van der Waals surface area contributed by atoms with Crippen LogP contribution in [-0.4, -0.2) is 28.4 Å². The van der Waals surface area contributed by atoms with Gasteiger partial charge in [0.2, 0.25) is 0 Å². The first-order valence-corrected chi connectivity index (χ1v) is 5.37. The number of halogens is 2. The maximum absolute atomic E-state index is 13.9. The highest BCUT2D eigenvalue weighted by Crippen LogP contribution is 2.29. The molecule has 2 aromatic rings. The van der Waals surface area contributed by atoms with E-state index >= 15 is 0 Å². The van der Waals surface area contributed by atoms with Gasteiger partial charge in [0.1, 0.15) is 17.1 Å². The van der Waals surface area contributed by atoms with Crippen LogP contribution in [0.3, 0.4) is 0 Å². The van der Waals surface area contributed by atoms with Crippen LogP contribution in [-0.2, 0) is 0 Å². The van der Waals surface area contributed by atoms with Crippen molar-refractivity contribution in [2.75, 3.05) is 7.11 Å². The van der Waals surface area contributed by atoms with E-state index in [4.69, 9.17) is 16.3 Å². The second-order valence-electron chi connectivity index (χ2n) is 3.53. The minimum atomic E-state index is -0.568. The lowest BCUT2D eigenvalue weighted by Gasteiger charge is -2.08. The van der Waals surface area contributed by atoms with Gasteiger partial charge in [-0.25, -0.2) is 9.07 Å². The van der Waals surface area contributed by atoms with Crippen LogP contribution < -0.4 is 4.74 Å². The van der Waals surface area contributed by atoms with Gasteiger partial charge in [-0.1, -0.05) is 16.8 Å². The Labute approximate surface area is 107 Å². The minimum Gasteiger partial charge on any atom is -0.495 e. The molecule has 1 aromatic carbocycles. The number of aldehydes is 1. The van der Waals surface area contributed by atoms with Crippen molar-refractivity contribution in [2.45, 2.75) is 6.92 Å². The molecule has 94 valence electrons. The van der Waals surface area contributed by atoms with Crippen molar-refractivity contribution in [1.29, 1.82) is 0 Å². The molecule has 0 atom stereocenters. The summed E-state index contributed by atoms with van der Waals surface area (Å²) in [5, 5.41) is 7.58. The molecule has 0 fully saturated rings.